The van der Waals surface area contributed by atoms with Crippen molar-refractivity contribution < 1.29 is 19.0 Å². The molecule has 0 heterocycles. The first-order valence-electron chi connectivity index (χ1n) is 9.87. The summed E-state index contributed by atoms with van der Waals surface area (Å²) in [5.41, 5.74) is 1.30. The van der Waals surface area contributed by atoms with Crippen molar-refractivity contribution in [2.75, 3.05) is 0 Å². The van der Waals surface area contributed by atoms with Crippen molar-refractivity contribution in [3.05, 3.63) is 59.9 Å². The van der Waals surface area contributed by atoms with Gasteiger partial charge in [-0.1, -0.05) is 50.7 Å². The van der Waals surface area contributed by atoms with Crippen LogP contribution in [0, 0.1) is 5.82 Å². The van der Waals surface area contributed by atoms with Gasteiger partial charge in [-0.25, -0.2) is 4.39 Å². The molecule has 0 aromatic heterocycles. The number of benzene rings is 2. The highest BCUT2D eigenvalue weighted by Crippen LogP contribution is 2.22. The first kappa shape index (κ1) is 20.9. The highest BCUT2D eigenvalue weighted by molar-refractivity contribution is 5.66. The standard InChI is InChI=1S/C23H29FO3/c24-20-13-17-22(18-14-20)27-21-15-11-19(12-16-21)9-7-5-3-1-2-4-6-8-10-23(25)26/h11-18H,1-10H2,(H,25,26). The molecular formula is C23H29FO3. The molecule has 1 N–H and O–H groups in total. The van der Waals surface area contributed by atoms with Crippen molar-refractivity contribution in [2.45, 2.75) is 64.2 Å². The molecule has 0 aliphatic heterocycles. The number of carbonyl (C=O) groups is 1. The second kappa shape index (κ2) is 12.1. The summed E-state index contributed by atoms with van der Waals surface area (Å²) in [5, 5.41) is 8.58. The van der Waals surface area contributed by atoms with Crippen LogP contribution in [0.3, 0.4) is 0 Å². The lowest BCUT2D eigenvalue weighted by Crippen LogP contribution is -1.93. The van der Waals surface area contributed by atoms with E-state index in [-0.39, 0.29) is 5.82 Å². The molecule has 3 nitrogen and oxygen atoms in total. The lowest BCUT2D eigenvalue weighted by atomic mass is 10.0. The van der Waals surface area contributed by atoms with Gasteiger partial charge in [0.05, 0.1) is 0 Å². The predicted octanol–water partition coefficient (Wildman–Crippen LogP) is 6.76. The smallest absolute Gasteiger partial charge is 0.303 e. The fourth-order valence-electron chi connectivity index (χ4n) is 3.03. The minimum absolute atomic E-state index is 0.268. The molecule has 2 aromatic rings. The van der Waals surface area contributed by atoms with Crippen LogP contribution in [0.4, 0.5) is 4.39 Å². The summed E-state index contributed by atoms with van der Waals surface area (Å²) in [6.07, 6.45) is 10.4. The van der Waals surface area contributed by atoms with Crippen LogP contribution in [-0.2, 0) is 11.2 Å². The maximum Gasteiger partial charge on any atom is 0.303 e. The molecule has 0 atom stereocenters. The van der Waals surface area contributed by atoms with Gasteiger partial charge in [0.25, 0.3) is 0 Å². The number of halogens is 1. The number of aryl methyl sites for hydroxylation is 1. The van der Waals surface area contributed by atoms with Crippen molar-refractivity contribution >= 4 is 5.97 Å². The topological polar surface area (TPSA) is 46.5 Å². The molecule has 146 valence electrons. The number of carboxylic acid groups (broad SMARTS) is 1. The Balaban J connectivity index is 1.54. The van der Waals surface area contributed by atoms with Crippen LogP contribution < -0.4 is 4.74 Å². The average Bonchev–Trinajstić information content (AvgIpc) is 2.66. The predicted molar refractivity (Wildman–Crippen MR) is 106 cm³/mol. The average molecular weight is 372 g/mol. The molecule has 0 saturated heterocycles. The van der Waals surface area contributed by atoms with E-state index in [0.29, 0.717) is 12.2 Å². The molecule has 2 aromatic carbocycles. The van der Waals surface area contributed by atoms with Crippen molar-refractivity contribution in [1.29, 1.82) is 0 Å². The zero-order valence-electron chi connectivity index (χ0n) is 15.8. The number of ether oxygens (including phenoxy) is 1. The van der Waals surface area contributed by atoms with Crippen molar-refractivity contribution in [2.24, 2.45) is 0 Å². The van der Waals surface area contributed by atoms with Crippen LogP contribution in [0.1, 0.15) is 63.4 Å². The number of carboxylic acids is 1. The SMILES string of the molecule is O=C(O)CCCCCCCCCCc1ccc(Oc2ccc(F)cc2)cc1. The van der Waals surface area contributed by atoms with E-state index in [1.807, 2.05) is 12.1 Å². The van der Waals surface area contributed by atoms with Crippen LogP contribution in [-0.4, -0.2) is 11.1 Å². The van der Waals surface area contributed by atoms with E-state index in [1.54, 1.807) is 12.1 Å². The van der Waals surface area contributed by atoms with Crippen molar-refractivity contribution in [1.82, 2.24) is 0 Å². The molecule has 0 amide bonds. The lowest BCUT2D eigenvalue weighted by Gasteiger charge is -2.07. The molecule has 0 spiro atoms. The maximum absolute atomic E-state index is 12.9. The Kier molecular flexibility index (Phi) is 9.39. The third kappa shape index (κ3) is 9.23. The van der Waals surface area contributed by atoms with E-state index in [1.165, 1.54) is 49.8 Å². The Hall–Kier alpha value is -2.36. The second-order valence-corrected chi connectivity index (χ2v) is 6.92. The molecule has 0 saturated carbocycles. The number of hydrogen-bond acceptors (Lipinski definition) is 2. The van der Waals surface area contributed by atoms with E-state index in [0.717, 1.165) is 31.4 Å². The van der Waals surface area contributed by atoms with E-state index < -0.39 is 5.97 Å². The molecule has 0 bridgehead atoms. The normalized spacial score (nSPS) is 10.7. The van der Waals surface area contributed by atoms with Gasteiger partial charge in [-0.2, -0.15) is 0 Å². The van der Waals surface area contributed by atoms with E-state index in [2.05, 4.69) is 12.1 Å². The van der Waals surface area contributed by atoms with Gasteiger partial charge in [0, 0.05) is 6.42 Å². The van der Waals surface area contributed by atoms with Gasteiger partial charge in [-0.15, -0.1) is 0 Å². The van der Waals surface area contributed by atoms with Crippen molar-refractivity contribution in [3.8, 4) is 11.5 Å². The van der Waals surface area contributed by atoms with Crippen LogP contribution in [0.5, 0.6) is 11.5 Å². The largest absolute Gasteiger partial charge is 0.481 e. The molecule has 0 fully saturated rings. The first-order valence-corrected chi connectivity index (χ1v) is 9.87. The van der Waals surface area contributed by atoms with E-state index in [9.17, 15) is 9.18 Å². The van der Waals surface area contributed by atoms with E-state index >= 15 is 0 Å². The monoisotopic (exact) mass is 372 g/mol. The molecule has 4 heteroatoms. The van der Waals surface area contributed by atoms with Crippen molar-refractivity contribution in [3.63, 3.8) is 0 Å². The fraction of sp³-hybridized carbons (Fsp3) is 0.435. The van der Waals surface area contributed by atoms with Crippen LogP contribution in [0.15, 0.2) is 48.5 Å². The summed E-state index contributed by atoms with van der Waals surface area (Å²) in [6, 6.07) is 14.1. The number of hydrogen-bond donors (Lipinski definition) is 1. The Morgan fingerprint density at radius 1 is 0.741 bits per heavy atom. The summed E-state index contributed by atoms with van der Waals surface area (Å²) < 4.78 is 18.6. The Labute approximate surface area is 161 Å². The van der Waals surface area contributed by atoms with Crippen LogP contribution >= 0.6 is 0 Å². The Morgan fingerprint density at radius 2 is 1.22 bits per heavy atom. The van der Waals surface area contributed by atoms with Gasteiger partial charge < -0.3 is 9.84 Å². The Morgan fingerprint density at radius 3 is 1.78 bits per heavy atom. The first-order chi connectivity index (χ1) is 13.1. The molecule has 27 heavy (non-hydrogen) atoms. The van der Waals surface area contributed by atoms with Gasteiger partial charge in [0.2, 0.25) is 0 Å². The maximum atomic E-state index is 12.9. The number of unbranched alkanes of at least 4 members (excludes halogenated alkanes) is 7. The third-order valence-electron chi connectivity index (χ3n) is 4.58. The molecule has 0 aliphatic rings. The molecule has 0 aliphatic carbocycles. The lowest BCUT2D eigenvalue weighted by molar-refractivity contribution is -0.137. The summed E-state index contributed by atoms with van der Waals surface area (Å²) in [7, 11) is 0. The quantitative estimate of drug-likeness (QED) is 0.395. The van der Waals surface area contributed by atoms with Gasteiger partial charge >= 0.3 is 5.97 Å². The third-order valence-corrected chi connectivity index (χ3v) is 4.58. The van der Waals surface area contributed by atoms with Gasteiger partial charge in [0.1, 0.15) is 17.3 Å². The summed E-state index contributed by atoms with van der Waals surface area (Å²) in [6.45, 7) is 0. The molecule has 0 unspecified atom stereocenters. The zero-order chi connectivity index (χ0) is 19.3. The fourth-order valence-corrected chi connectivity index (χ4v) is 3.03. The molecule has 2 rings (SSSR count). The molecular weight excluding hydrogens is 343 g/mol. The minimum Gasteiger partial charge on any atom is -0.481 e. The van der Waals surface area contributed by atoms with Gasteiger partial charge in [-0.3, -0.25) is 4.79 Å². The highest BCUT2D eigenvalue weighted by atomic mass is 19.1. The van der Waals surface area contributed by atoms with Crippen LogP contribution in [0.2, 0.25) is 0 Å². The van der Waals surface area contributed by atoms with E-state index in [4.69, 9.17) is 9.84 Å². The summed E-state index contributed by atoms with van der Waals surface area (Å²) in [4.78, 5) is 10.4. The number of aliphatic carboxylic acids is 1. The second-order valence-electron chi connectivity index (χ2n) is 6.92. The zero-order valence-corrected chi connectivity index (χ0v) is 15.8. The molecule has 0 radical (unpaired) electrons. The van der Waals surface area contributed by atoms with Gasteiger partial charge in [0.15, 0.2) is 0 Å². The summed E-state index contributed by atoms with van der Waals surface area (Å²) >= 11 is 0. The highest BCUT2D eigenvalue weighted by Gasteiger charge is 2.00. The minimum atomic E-state index is -0.690. The Bertz CT molecular complexity index is 665. The van der Waals surface area contributed by atoms with Gasteiger partial charge in [-0.05, 0) is 61.2 Å². The number of rotatable bonds is 13. The van der Waals surface area contributed by atoms with Crippen LogP contribution in [0.25, 0.3) is 0 Å². The summed E-state index contributed by atoms with van der Waals surface area (Å²) in [5.74, 6) is 0.432.